The lowest BCUT2D eigenvalue weighted by atomic mass is 9.96. The highest BCUT2D eigenvalue weighted by atomic mass is 19.4. The molecule has 0 bridgehead atoms. The number of amides is 2. The van der Waals surface area contributed by atoms with Gasteiger partial charge >= 0.3 is 6.18 Å². The zero-order valence-electron chi connectivity index (χ0n) is 32.1. The zero-order valence-corrected chi connectivity index (χ0v) is 32.1. The van der Waals surface area contributed by atoms with Gasteiger partial charge in [0.15, 0.2) is 5.82 Å². The minimum Gasteiger partial charge on any atom is -0.391 e. The van der Waals surface area contributed by atoms with Gasteiger partial charge in [-0.1, -0.05) is 18.9 Å². The van der Waals surface area contributed by atoms with E-state index in [9.17, 15) is 37.1 Å². The van der Waals surface area contributed by atoms with E-state index < -0.39 is 23.7 Å². The number of β-amino-alcohol motifs (C(OH)–C–C–N with tert-alkyl or cyclic N) is 1. The fourth-order valence-electron chi connectivity index (χ4n) is 7.13. The maximum absolute atomic E-state index is 14.6. The lowest BCUT2D eigenvalue weighted by molar-refractivity contribution is -0.138. The molecule has 3 heterocycles. The van der Waals surface area contributed by atoms with Crippen molar-refractivity contribution in [3.63, 3.8) is 0 Å². The normalized spacial score (nSPS) is 15.6. The van der Waals surface area contributed by atoms with Gasteiger partial charge in [-0.3, -0.25) is 14.4 Å². The Kier molecular flexibility index (Phi) is 13.3. The maximum atomic E-state index is 14.6. The smallest absolute Gasteiger partial charge is 0.391 e. The SMILES string of the molecule is CN(Cc1c(C=O)cc(CNCCCCCCC(=O)NCC(=O)N2CCC(O)C2)cc1C(F)(F)F)c1cc(-c2ccc(F)cc2-c2nncn2C)cc(C2CC2)n1. The minimum atomic E-state index is -4.73. The van der Waals surface area contributed by atoms with E-state index in [0.29, 0.717) is 66.1 Å². The van der Waals surface area contributed by atoms with Crippen LogP contribution < -0.4 is 15.5 Å². The van der Waals surface area contributed by atoms with Crippen LogP contribution >= 0.6 is 0 Å². The molecule has 2 aromatic heterocycles. The lowest BCUT2D eigenvalue weighted by Gasteiger charge is -2.24. The fourth-order valence-corrected chi connectivity index (χ4v) is 7.13. The third-order valence-corrected chi connectivity index (χ3v) is 10.4. The molecule has 0 spiro atoms. The summed E-state index contributed by atoms with van der Waals surface area (Å²) in [4.78, 5) is 44.5. The molecule has 2 fully saturated rings. The first kappa shape index (κ1) is 41.4. The Morgan fingerprint density at radius 3 is 2.51 bits per heavy atom. The molecule has 1 unspecified atom stereocenters. The molecule has 6 rings (SSSR count). The molecular weight excluding hydrogens is 744 g/mol. The molecule has 4 aromatic rings. The second-order valence-electron chi connectivity index (χ2n) is 15.0. The predicted octanol–water partition coefficient (Wildman–Crippen LogP) is 5.78. The number of carbonyl (C=O) groups is 3. The zero-order chi connectivity index (χ0) is 40.7. The molecule has 1 atom stereocenters. The van der Waals surface area contributed by atoms with E-state index >= 15 is 0 Å². The van der Waals surface area contributed by atoms with Gasteiger partial charge in [-0.25, -0.2) is 9.37 Å². The second-order valence-corrected chi connectivity index (χ2v) is 15.0. The molecule has 16 heteroatoms. The fraction of sp³-hybridized carbons (Fsp3) is 0.463. The Bertz CT molecular complexity index is 2070. The molecular formula is C41H48F4N8O4. The Morgan fingerprint density at radius 1 is 1.04 bits per heavy atom. The molecule has 2 aromatic carbocycles. The summed E-state index contributed by atoms with van der Waals surface area (Å²) in [5, 5.41) is 23.5. The van der Waals surface area contributed by atoms with Crippen molar-refractivity contribution in [2.45, 2.75) is 82.7 Å². The van der Waals surface area contributed by atoms with Crippen LogP contribution in [-0.4, -0.2) is 87.2 Å². The van der Waals surface area contributed by atoms with Gasteiger partial charge in [0.05, 0.1) is 18.2 Å². The summed E-state index contributed by atoms with van der Waals surface area (Å²) < 4.78 is 60.1. The number of rotatable bonds is 18. The number of hydrogen-bond acceptors (Lipinski definition) is 9. The largest absolute Gasteiger partial charge is 0.416 e. The number of aryl methyl sites for hydroxylation is 1. The summed E-state index contributed by atoms with van der Waals surface area (Å²) in [6.45, 7) is 1.10. The van der Waals surface area contributed by atoms with Crippen LogP contribution in [0.3, 0.4) is 0 Å². The molecule has 3 N–H and O–H groups in total. The van der Waals surface area contributed by atoms with Crippen molar-refractivity contribution in [2.75, 3.05) is 38.1 Å². The molecule has 0 radical (unpaired) electrons. The number of halogens is 4. The van der Waals surface area contributed by atoms with E-state index in [4.69, 9.17) is 4.98 Å². The van der Waals surface area contributed by atoms with Gasteiger partial charge in [0.1, 0.15) is 24.2 Å². The van der Waals surface area contributed by atoms with Crippen LogP contribution in [0.4, 0.5) is 23.4 Å². The lowest BCUT2D eigenvalue weighted by Crippen LogP contribution is -2.39. The van der Waals surface area contributed by atoms with E-state index in [1.54, 1.807) is 35.7 Å². The number of aliphatic hydroxyl groups is 1. The molecule has 12 nitrogen and oxygen atoms in total. The van der Waals surface area contributed by atoms with Crippen molar-refractivity contribution in [1.82, 2.24) is 35.3 Å². The highest BCUT2D eigenvalue weighted by Gasteiger charge is 2.36. The van der Waals surface area contributed by atoms with Crippen molar-refractivity contribution in [3.05, 3.63) is 82.6 Å². The van der Waals surface area contributed by atoms with Crippen molar-refractivity contribution in [3.8, 4) is 22.5 Å². The number of likely N-dealkylation sites (tertiary alicyclic amines) is 1. The Morgan fingerprint density at radius 2 is 1.82 bits per heavy atom. The minimum absolute atomic E-state index is 0.0619. The number of hydrogen-bond donors (Lipinski definition) is 3. The highest BCUT2D eigenvalue weighted by molar-refractivity contribution is 5.85. The number of benzene rings is 2. The number of aliphatic hydroxyl groups excluding tert-OH is 1. The van der Waals surface area contributed by atoms with Crippen LogP contribution in [0.2, 0.25) is 0 Å². The van der Waals surface area contributed by atoms with Gasteiger partial charge in [0.25, 0.3) is 0 Å². The molecule has 304 valence electrons. The van der Waals surface area contributed by atoms with Gasteiger partial charge in [-0.05, 0) is 97.3 Å². The number of nitrogens with zero attached hydrogens (tertiary/aromatic N) is 6. The quantitative estimate of drug-likeness (QED) is 0.0649. The second kappa shape index (κ2) is 18.4. The monoisotopic (exact) mass is 792 g/mol. The Hall–Kier alpha value is -5.22. The average Bonchev–Trinajstić information content (AvgIpc) is 3.81. The van der Waals surface area contributed by atoms with Crippen LogP contribution in [0.25, 0.3) is 22.5 Å². The Labute approximate surface area is 328 Å². The van der Waals surface area contributed by atoms with Crippen LogP contribution in [-0.2, 0) is 35.9 Å². The molecule has 1 aliphatic carbocycles. The highest BCUT2D eigenvalue weighted by Crippen LogP contribution is 2.43. The van der Waals surface area contributed by atoms with Crippen LogP contribution in [0.1, 0.15) is 90.0 Å². The van der Waals surface area contributed by atoms with Gasteiger partial charge < -0.3 is 30.1 Å². The third-order valence-electron chi connectivity index (χ3n) is 10.4. The van der Waals surface area contributed by atoms with Gasteiger partial charge in [-0.2, -0.15) is 13.2 Å². The van der Waals surface area contributed by atoms with E-state index in [1.807, 2.05) is 6.07 Å². The number of nitrogens with one attached hydrogen (secondary N) is 2. The summed E-state index contributed by atoms with van der Waals surface area (Å²) in [6.07, 6.45) is 2.34. The first-order valence-electron chi connectivity index (χ1n) is 19.3. The summed E-state index contributed by atoms with van der Waals surface area (Å²) in [5.74, 6) is 0.183. The number of unbranched alkanes of at least 4 members (excludes halogenated alkanes) is 3. The predicted molar refractivity (Wildman–Crippen MR) is 206 cm³/mol. The van der Waals surface area contributed by atoms with Crippen molar-refractivity contribution >= 4 is 23.9 Å². The molecule has 1 saturated heterocycles. The summed E-state index contributed by atoms with van der Waals surface area (Å²) in [6, 6.07) is 10.6. The van der Waals surface area contributed by atoms with Crippen LogP contribution in [0, 0.1) is 5.82 Å². The molecule has 2 amide bonds. The maximum Gasteiger partial charge on any atom is 0.416 e. The standard InChI is InChI=1S/C41H48F4N8O4/c1-51(37-18-28(17-36(49-37)27-8-9-27)32-11-10-30(42)19-33(32)40-50-48-25-52(40)2)23-34-29(24-54)15-26(16-35(34)41(43,44)45)20-46-13-6-4-3-5-7-38(56)47-21-39(57)53-14-12-31(55)22-53/h10-11,15-19,24-25,27,31,46,55H,3-9,12-14,20-23H2,1-2H3,(H,47,56). The van der Waals surface area contributed by atoms with E-state index in [2.05, 4.69) is 20.8 Å². The molecule has 57 heavy (non-hydrogen) atoms. The third kappa shape index (κ3) is 10.8. The van der Waals surface area contributed by atoms with Crippen molar-refractivity contribution in [2.24, 2.45) is 7.05 Å². The number of alkyl halides is 3. The van der Waals surface area contributed by atoms with Gasteiger partial charge in [-0.15, -0.1) is 10.2 Å². The number of aldehydes is 1. The first-order chi connectivity index (χ1) is 27.3. The van der Waals surface area contributed by atoms with E-state index in [-0.39, 0.29) is 61.5 Å². The summed E-state index contributed by atoms with van der Waals surface area (Å²) in [5.41, 5.74) is 1.88. The number of pyridine rings is 1. The number of aromatic nitrogens is 4. The van der Waals surface area contributed by atoms with Gasteiger partial charge in [0, 0.05) is 69.4 Å². The van der Waals surface area contributed by atoms with Crippen molar-refractivity contribution < 1.29 is 37.1 Å². The van der Waals surface area contributed by atoms with E-state index in [0.717, 1.165) is 43.9 Å². The summed E-state index contributed by atoms with van der Waals surface area (Å²) in [7, 11) is 3.39. The number of anilines is 1. The molecule has 2 aliphatic rings. The topological polar surface area (TPSA) is 146 Å². The molecule has 1 aliphatic heterocycles. The first-order valence-corrected chi connectivity index (χ1v) is 19.3. The summed E-state index contributed by atoms with van der Waals surface area (Å²) >= 11 is 0. The van der Waals surface area contributed by atoms with Crippen LogP contribution in [0.5, 0.6) is 0 Å². The van der Waals surface area contributed by atoms with E-state index in [1.165, 1.54) is 29.4 Å². The van der Waals surface area contributed by atoms with Gasteiger partial charge in [0.2, 0.25) is 11.8 Å². The van der Waals surface area contributed by atoms with Crippen molar-refractivity contribution in [1.29, 1.82) is 0 Å². The molecule has 1 saturated carbocycles. The Balaban J connectivity index is 1.07. The van der Waals surface area contributed by atoms with Crippen LogP contribution in [0.15, 0.2) is 48.8 Å². The average molecular weight is 793 g/mol. The number of carbonyl (C=O) groups excluding carboxylic acids is 3.